The van der Waals surface area contributed by atoms with Crippen molar-refractivity contribution in [1.82, 2.24) is 10.6 Å². The molecule has 0 saturated heterocycles. The van der Waals surface area contributed by atoms with Crippen LogP contribution in [0.5, 0.6) is 0 Å². The Bertz CT molecular complexity index is 2500. The standard InChI is InChI=1S/C55H82N2O12S2/c1-34-28-44(35(2)27-43(34)36-11-13-38(14-12-36)52(3,4)5)37(29-48(58)56-23-25-70(62,63)64)30-50(60)69-47-18-17-45-42-16-15-39-31-41(19-21-54(39,9)46(42)20-22-55(45,47)10)68-51(61)33-40(53(6,7)8)32-49(59)57-24-26-71(65,66)67/h11-14,27-28,37,39-42,45-47H,15-26,29-33H2,1-10H3,(H,56,58)(H,57,59)(H,62,63,64)(H,65,66,67)/t37?,39-,40?,41-,42-,45-,46-,47-,54-,55-/m0/s1. The van der Waals surface area contributed by atoms with Gasteiger partial charge >= 0.3 is 11.9 Å². The molecule has 4 aliphatic carbocycles. The summed E-state index contributed by atoms with van der Waals surface area (Å²) >= 11 is 0. The summed E-state index contributed by atoms with van der Waals surface area (Å²) in [5, 5.41) is 5.16. The molecule has 2 unspecified atom stereocenters. The minimum Gasteiger partial charge on any atom is -0.462 e. The summed E-state index contributed by atoms with van der Waals surface area (Å²) in [6, 6.07) is 12.7. The van der Waals surface area contributed by atoms with Crippen LogP contribution < -0.4 is 10.6 Å². The second-order valence-electron chi connectivity index (χ2n) is 24.3. The molecule has 10 atom stereocenters. The van der Waals surface area contributed by atoms with Crippen molar-refractivity contribution in [3.8, 4) is 11.1 Å². The van der Waals surface area contributed by atoms with Crippen molar-refractivity contribution in [1.29, 1.82) is 0 Å². The summed E-state index contributed by atoms with van der Waals surface area (Å²) in [6.45, 7) is 20.7. The number of nitrogens with one attached hydrogen (secondary N) is 2. The lowest BCUT2D eigenvalue weighted by atomic mass is 9.45. The summed E-state index contributed by atoms with van der Waals surface area (Å²) < 4.78 is 76.0. The second-order valence-corrected chi connectivity index (χ2v) is 27.5. The first-order valence-electron chi connectivity index (χ1n) is 25.9. The molecule has 4 aliphatic rings. The number of fused-ring (bicyclic) bond motifs is 5. The van der Waals surface area contributed by atoms with Crippen molar-refractivity contribution in [3.63, 3.8) is 0 Å². The van der Waals surface area contributed by atoms with E-state index in [9.17, 15) is 40.6 Å². The van der Waals surface area contributed by atoms with Gasteiger partial charge in [-0.1, -0.05) is 91.8 Å². The third-order valence-corrected chi connectivity index (χ3v) is 18.9. The van der Waals surface area contributed by atoms with Gasteiger partial charge in [-0.05, 0) is 151 Å². The average molecular weight is 1030 g/mol. The van der Waals surface area contributed by atoms with Gasteiger partial charge in [0.15, 0.2) is 0 Å². The number of aryl methyl sites for hydroxylation is 2. The fraction of sp³-hybridized carbons (Fsp3) is 0.709. The molecule has 0 aromatic heterocycles. The molecule has 2 aromatic rings. The Kier molecular flexibility index (Phi) is 17.4. The van der Waals surface area contributed by atoms with Crippen LogP contribution in [-0.4, -0.2) is 86.5 Å². The smallest absolute Gasteiger partial charge is 0.306 e. The van der Waals surface area contributed by atoms with E-state index < -0.39 is 43.6 Å². The van der Waals surface area contributed by atoms with Crippen molar-refractivity contribution in [2.24, 2.45) is 45.8 Å². The minimum absolute atomic E-state index is 0.0142. The number of ether oxygens (including phenoxy) is 2. The number of hydrogen-bond acceptors (Lipinski definition) is 10. The molecule has 0 aliphatic heterocycles. The number of benzene rings is 2. The highest BCUT2D eigenvalue weighted by atomic mass is 32.2. The monoisotopic (exact) mass is 1030 g/mol. The molecule has 6 rings (SSSR count). The van der Waals surface area contributed by atoms with Crippen LogP contribution in [0.1, 0.15) is 167 Å². The maximum absolute atomic E-state index is 14.2. The molecule has 2 amide bonds. The fourth-order valence-electron chi connectivity index (χ4n) is 13.3. The Morgan fingerprint density at radius 2 is 1.27 bits per heavy atom. The minimum atomic E-state index is -4.27. The van der Waals surface area contributed by atoms with Crippen LogP contribution >= 0.6 is 0 Å². The van der Waals surface area contributed by atoms with E-state index in [1.165, 1.54) is 5.56 Å². The van der Waals surface area contributed by atoms with Gasteiger partial charge in [-0.2, -0.15) is 16.8 Å². The van der Waals surface area contributed by atoms with Crippen LogP contribution in [-0.2, 0) is 54.3 Å². The zero-order valence-electron chi connectivity index (χ0n) is 43.9. The molecular weight excluding hydrogens is 945 g/mol. The van der Waals surface area contributed by atoms with E-state index in [2.05, 4.69) is 81.7 Å². The number of carbonyl (C=O) groups is 4. The summed E-state index contributed by atoms with van der Waals surface area (Å²) in [7, 11) is -8.48. The van der Waals surface area contributed by atoms with E-state index in [0.29, 0.717) is 23.7 Å². The Labute approximate surface area is 423 Å². The summed E-state index contributed by atoms with van der Waals surface area (Å²) in [5.74, 6) is -1.74. The van der Waals surface area contributed by atoms with E-state index in [-0.39, 0.29) is 96.4 Å². The number of esters is 2. The van der Waals surface area contributed by atoms with Gasteiger partial charge in [-0.15, -0.1) is 0 Å². The zero-order chi connectivity index (χ0) is 52.5. The Morgan fingerprint density at radius 1 is 0.690 bits per heavy atom. The Balaban J connectivity index is 1.09. The van der Waals surface area contributed by atoms with Gasteiger partial charge in [-0.25, -0.2) is 0 Å². The molecule has 14 nitrogen and oxygen atoms in total. The van der Waals surface area contributed by atoms with E-state index in [0.717, 1.165) is 85.6 Å². The van der Waals surface area contributed by atoms with Gasteiger partial charge in [0.25, 0.3) is 20.2 Å². The lowest BCUT2D eigenvalue weighted by Crippen LogP contribution is -2.55. The molecule has 71 heavy (non-hydrogen) atoms. The molecule has 2 aromatic carbocycles. The van der Waals surface area contributed by atoms with Crippen molar-refractivity contribution >= 4 is 44.0 Å². The molecule has 4 N–H and O–H groups in total. The molecule has 0 heterocycles. The topological polar surface area (TPSA) is 220 Å². The lowest BCUT2D eigenvalue weighted by molar-refractivity contribution is -0.170. The molecule has 0 spiro atoms. The Morgan fingerprint density at radius 3 is 1.86 bits per heavy atom. The molecular formula is C55H82N2O12S2. The maximum atomic E-state index is 14.2. The third-order valence-electron chi connectivity index (χ3n) is 17.5. The van der Waals surface area contributed by atoms with Crippen LogP contribution in [0.3, 0.4) is 0 Å². The average Bonchev–Trinajstić information content (AvgIpc) is 3.57. The van der Waals surface area contributed by atoms with Crippen molar-refractivity contribution in [2.45, 2.75) is 176 Å². The zero-order valence-corrected chi connectivity index (χ0v) is 45.5. The molecule has 4 fully saturated rings. The van der Waals surface area contributed by atoms with Gasteiger partial charge in [0, 0.05) is 43.7 Å². The van der Waals surface area contributed by atoms with Gasteiger partial charge in [0.2, 0.25) is 11.8 Å². The van der Waals surface area contributed by atoms with Gasteiger partial charge in [0.1, 0.15) is 12.2 Å². The SMILES string of the molecule is Cc1cc(C(CC(=O)NCCS(=O)(=O)O)CC(=O)O[C@H]2CC[C@H]3[C@@H]4CC[C@H]5C[C@@H](OC(=O)CC(CC(=O)NCCS(=O)(=O)O)C(C)(C)C)CC[C@]5(C)[C@H]4CC[C@]23C)c(C)cc1-c1ccc(C(C)(C)C)cc1. The Hall–Kier alpha value is -3.86. The van der Waals surface area contributed by atoms with Gasteiger partial charge < -0.3 is 20.1 Å². The highest BCUT2D eigenvalue weighted by Gasteiger charge is 2.61. The van der Waals surface area contributed by atoms with Gasteiger partial charge in [-0.3, -0.25) is 28.3 Å². The van der Waals surface area contributed by atoms with E-state index in [1.807, 2.05) is 34.6 Å². The first-order valence-corrected chi connectivity index (χ1v) is 29.1. The first kappa shape index (κ1) is 56.4. The van der Waals surface area contributed by atoms with Crippen LogP contribution in [0.2, 0.25) is 0 Å². The lowest BCUT2D eigenvalue weighted by Gasteiger charge is -2.60. The number of rotatable bonds is 18. The predicted molar refractivity (Wildman–Crippen MR) is 275 cm³/mol. The third kappa shape index (κ3) is 14.3. The molecule has 16 heteroatoms. The number of hydrogen-bond donors (Lipinski definition) is 4. The molecule has 396 valence electrons. The number of carbonyl (C=O) groups excluding carboxylic acids is 4. The van der Waals surface area contributed by atoms with Crippen LogP contribution in [0.15, 0.2) is 36.4 Å². The summed E-state index contributed by atoms with van der Waals surface area (Å²) in [4.78, 5) is 53.7. The van der Waals surface area contributed by atoms with Crippen molar-refractivity contribution < 1.29 is 54.6 Å². The molecule has 4 saturated carbocycles. The van der Waals surface area contributed by atoms with E-state index in [4.69, 9.17) is 14.0 Å². The molecule has 0 bridgehead atoms. The fourth-order valence-corrected chi connectivity index (χ4v) is 14.0. The van der Waals surface area contributed by atoms with Crippen molar-refractivity contribution in [3.05, 3.63) is 58.7 Å². The normalized spacial score (nSPS) is 27.5. The second kappa shape index (κ2) is 21.9. The largest absolute Gasteiger partial charge is 0.462 e. The van der Waals surface area contributed by atoms with E-state index >= 15 is 0 Å². The first-order chi connectivity index (χ1) is 32.9. The number of amides is 2. The van der Waals surface area contributed by atoms with Crippen molar-refractivity contribution in [2.75, 3.05) is 24.6 Å². The van der Waals surface area contributed by atoms with E-state index in [1.54, 1.807) is 0 Å². The highest BCUT2D eigenvalue weighted by molar-refractivity contribution is 7.86. The van der Waals surface area contributed by atoms with Crippen LogP contribution in [0.25, 0.3) is 11.1 Å². The molecule has 0 radical (unpaired) electrons. The predicted octanol–water partition coefficient (Wildman–Crippen LogP) is 9.45. The summed E-state index contributed by atoms with van der Waals surface area (Å²) in [5.41, 5.74) is 5.69. The highest BCUT2D eigenvalue weighted by Crippen LogP contribution is 2.67. The quantitative estimate of drug-likeness (QED) is 0.0811. The van der Waals surface area contributed by atoms with Crippen LogP contribution in [0.4, 0.5) is 0 Å². The van der Waals surface area contributed by atoms with Gasteiger partial charge in [0.05, 0.1) is 17.9 Å². The summed E-state index contributed by atoms with van der Waals surface area (Å²) in [6.07, 6.45) is 7.89. The maximum Gasteiger partial charge on any atom is 0.306 e. The van der Waals surface area contributed by atoms with Crippen LogP contribution in [0, 0.1) is 59.7 Å².